The third-order valence-electron chi connectivity index (χ3n) is 2.77. The van der Waals surface area contributed by atoms with E-state index in [2.05, 4.69) is 10.4 Å². The number of hydrogen-bond acceptors (Lipinski definition) is 3. The quantitative estimate of drug-likeness (QED) is 0.883. The minimum atomic E-state index is -0.670. The lowest BCUT2D eigenvalue weighted by molar-refractivity contribution is 0.174. The molecule has 0 amide bonds. The molecule has 1 aromatic carbocycles. The summed E-state index contributed by atoms with van der Waals surface area (Å²) in [5.74, 6) is -0.312. The number of halogens is 2. The number of aliphatic hydroxyl groups is 1. The number of benzene rings is 1. The average Bonchev–Trinajstić information content (AvgIpc) is 2.80. The predicted octanol–water partition coefficient (Wildman–Crippen LogP) is 2.04. The summed E-state index contributed by atoms with van der Waals surface area (Å²) in [7, 11) is 1.78. The number of hydrogen-bond donors (Lipinski definition) is 2. The van der Waals surface area contributed by atoms with Crippen LogP contribution in [0.3, 0.4) is 0 Å². The summed E-state index contributed by atoms with van der Waals surface area (Å²) in [6.45, 7) is 0.626. The van der Waals surface area contributed by atoms with Gasteiger partial charge in [0, 0.05) is 42.5 Å². The summed E-state index contributed by atoms with van der Waals surface area (Å²) in [6, 6.07) is 4.40. The number of rotatable bonds is 5. The SMILES string of the molecule is Cn1cc(C(O)CNCc2cc(Cl)ccc2F)cn1. The van der Waals surface area contributed by atoms with Crippen LogP contribution in [0.2, 0.25) is 5.02 Å². The molecule has 0 aliphatic rings. The molecule has 2 aromatic rings. The Morgan fingerprint density at radius 1 is 1.53 bits per heavy atom. The summed E-state index contributed by atoms with van der Waals surface area (Å²) in [5.41, 5.74) is 1.20. The van der Waals surface area contributed by atoms with Gasteiger partial charge in [0.25, 0.3) is 0 Å². The molecule has 0 spiro atoms. The van der Waals surface area contributed by atoms with E-state index in [1.54, 1.807) is 30.2 Å². The van der Waals surface area contributed by atoms with E-state index in [-0.39, 0.29) is 5.82 Å². The molecule has 1 atom stereocenters. The van der Waals surface area contributed by atoms with E-state index < -0.39 is 6.10 Å². The van der Waals surface area contributed by atoms with Crippen LogP contribution < -0.4 is 5.32 Å². The Morgan fingerprint density at radius 3 is 3.00 bits per heavy atom. The molecule has 0 bridgehead atoms. The fraction of sp³-hybridized carbons (Fsp3) is 0.308. The first-order valence-corrected chi connectivity index (χ1v) is 6.25. The van der Waals surface area contributed by atoms with Crippen LogP contribution >= 0.6 is 11.6 Å². The molecule has 0 radical (unpaired) electrons. The fourth-order valence-electron chi connectivity index (χ4n) is 1.75. The lowest BCUT2D eigenvalue weighted by Crippen LogP contribution is -2.21. The van der Waals surface area contributed by atoms with E-state index in [1.807, 2.05) is 0 Å². The van der Waals surface area contributed by atoms with Crippen molar-refractivity contribution < 1.29 is 9.50 Å². The van der Waals surface area contributed by atoms with Crippen molar-refractivity contribution in [2.75, 3.05) is 6.54 Å². The molecule has 102 valence electrons. The maximum absolute atomic E-state index is 13.4. The molecule has 0 fully saturated rings. The van der Waals surface area contributed by atoms with E-state index in [0.717, 1.165) is 5.56 Å². The first-order valence-electron chi connectivity index (χ1n) is 5.87. The van der Waals surface area contributed by atoms with Gasteiger partial charge in [-0.25, -0.2) is 4.39 Å². The number of aromatic nitrogens is 2. The van der Waals surface area contributed by atoms with Crippen molar-refractivity contribution in [1.82, 2.24) is 15.1 Å². The van der Waals surface area contributed by atoms with Gasteiger partial charge in [-0.1, -0.05) is 11.6 Å². The van der Waals surface area contributed by atoms with Crippen molar-refractivity contribution in [3.8, 4) is 0 Å². The van der Waals surface area contributed by atoms with E-state index in [9.17, 15) is 9.50 Å². The van der Waals surface area contributed by atoms with Crippen LogP contribution in [0.1, 0.15) is 17.2 Å². The van der Waals surface area contributed by atoms with Gasteiger partial charge in [-0.2, -0.15) is 5.10 Å². The minimum absolute atomic E-state index is 0.309. The van der Waals surface area contributed by atoms with E-state index in [4.69, 9.17) is 11.6 Å². The van der Waals surface area contributed by atoms with Crippen molar-refractivity contribution in [2.24, 2.45) is 7.05 Å². The van der Waals surface area contributed by atoms with Crippen molar-refractivity contribution in [1.29, 1.82) is 0 Å². The third-order valence-corrected chi connectivity index (χ3v) is 3.01. The molecule has 4 nitrogen and oxygen atoms in total. The van der Waals surface area contributed by atoms with Crippen LogP contribution in [0.25, 0.3) is 0 Å². The Bertz CT molecular complexity index is 559. The summed E-state index contributed by atoms with van der Waals surface area (Å²) in [4.78, 5) is 0. The molecule has 0 aliphatic carbocycles. The van der Waals surface area contributed by atoms with E-state index in [1.165, 1.54) is 12.1 Å². The van der Waals surface area contributed by atoms with E-state index in [0.29, 0.717) is 23.7 Å². The average molecular weight is 284 g/mol. The normalized spacial score (nSPS) is 12.6. The molecule has 2 N–H and O–H groups in total. The minimum Gasteiger partial charge on any atom is -0.387 e. The van der Waals surface area contributed by atoms with Crippen molar-refractivity contribution in [2.45, 2.75) is 12.6 Å². The second-order valence-corrected chi connectivity index (χ2v) is 4.77. The molecule has 0 aliphatic heterocycles. The van der Waals surface area contributed by atoms with Gasteiger partial charge in [-0.15, -0.1) is 0 Å². The molecular weight excluding hydrogens is 269 g/mol. The largest absolute Gasteiger partial charge is 0.387 e. The number of aliphatic hydroxyl groups excluding tert-OH is 1. The lowest BCUT2D eigenvalue weighted by Gasteiger charge is -2.10. The molecule has 6 heteroatoms. The molecule has 1 aromatic heterocycles. The van der Waals surface area contributed by atoms with Crippen LogP contribution in [-0.2, 0) is 13.6 Å². The smallest absolute Gasteiger partial charge is 0.127 e. The highest BCUT2D eigenvalue weighted by Crippen LogP contribution is 2.15. The van der Waals surface area contributed by atoms with Crippen molar-refractivity contribution >= 4 is 11.6 Å². The molecule has 1 heterocycles. The van der Waals surface area contributed by atoms with Crippen LogP contribution in [0.5, 0.6) is 0 Å². The highest BCUT2D eigenvalue weighted by atomic mass is 35.5. The highest BCUT2D eigenvalue weighted by molar-refractivity contribution is 6.30. The maximum Gasteiger partial charge on any atom is 0.127 e. The second kappa shape index (κ2) is 6.14. The highest BCUT2D eigenvalue weighted by Gasteiger charge is 2.09. The maximum atomic E-state index is 13.4. The monoisotopic (exact) mass is 283 g/mol. The molecule has 1 unspecified atom stereocenters. The first kappa shape index (κ1) is 14.0. The number of aryl methyl sites for hydroxylation is 1. The molecular formula is C13H15ClFN3O. The van der Waals surface area contributed by atoms with E-state index >= 15 is 0 Å². The number of nitrogens with zero attached hydrogens (tertiary/aromatic N) is 2. The summed E-state index contributed by atoms with van der Waals surface area (Å²) < 4.78 is 15.1. The van der Waals surface area contributed by atoms with Crippen LogP contribution in [0.4, 0.5) is 4.39 Å². The standard InChI is InChI=1S/C13H15ClFN3O/c1-18-8-10(6-17-18)13(19)7-16-5-9-4-11(14)2-3-12(9)15/h2-4,6,8,13,16,19H,5,7H2,1H3. The molecule has 0 saturated heterocycles. The summed E-state index contributed by atoms with van der Waals surface area (Å²) in [5, 5.41) is 17.4. The van der Waals surface area contributed by atoms with Gasteiger partial charge < -0.3 is 10.4 Å². The van der Waals surface area contributed by atoms with Crippen LogP contribution in [-0.4, -0.2) is 21.4 Å². The summed E-state index contributed by atoms with van der Waals surface area (Å²) >= 11 is 5.80. The number of nitrogens with one attached hydrogen (secondary N) is 1. The zero-order valence-electron chi connectivity index (χ0n) is 10.5. The first-order chi connectivity index (χ1) is 9.06. The van der Waals surface area contributed by atoms with Gasteiger partial charge in [-0.3, -0.25) is 4.68 Å². The fourth-order valence-corrected chi connectivity index (χ4v) is 1.95. The van der Waals surface area contributed by atoms with Gasteiger partial charge in [0.15, 0.2) is 0 Å². The Balaban J connectivity index is 1.88. The Kier molecular flexibility index (Phi) is 4.52. The summed E-state index contributed by atoms with van der Waals surface area (Å²) in [6.07, 6.45) is 2.68. The lowest BCUT2D eigenvalue weighted by atomic mass is 10.2. The van der Waals surface area contributed by atoms with Gasteiger partial charge in [0.2, 0.25) is 0 Å². The predicted molar refractivity (Wildman–Crippen MR) is 71.3 cm³/mol. The zero-order valence-corrected chi connectivity index (χ0v) is 11.2. The second-order valence-electron chi connectivity index (χ2n) is 4.33. The van der Waals surface area contributed by atoms with Gasteiger partial charge in [0.05, 0.1) is 12.3 Å². The topological polar surface area (TPSA) is 50.1 Å². The van der Waals surface area contributed by atoms with Crippen molar-refractivity contribution in [3.05, 3.63) is 52.6 Å². The molecule has 2 rings (SSSR count). The van der Waals surface area contributed by atoms with Gasteiger partial charge >= 0.3 is 0 Å². The van der Waals surface area contributed by atoms with Crippen molar-refractivity contribution in [3.63, 3.8) is 0 Å². The zero-order chi connectivity index (χ0) is 13.8. The Labute approximate surface area is 115 Å². The molecule has 0 saturated carbocycles. The van der Waals surface area contributed by atoms with Crippen LogP contribution in [0, 0.1) is 5.82 Å². The van der Waals surface area contributed by atoms with Gasteiger partial charge in [-0.05, 0) is 18.2 Å². The van der Waals surface area contributed by atoms with Crippen LogP contribution in [0.15, 0.2) is 30.6 Å². The Hall–Kier alpha value is -1.43. The Morgan fingerprint density at radius 2 is 2.32 bits per heavy atom. The molecule has 19 heavy (non-hydrogen) atoms. The third kappa shape index (κ3) is 3.76. The van der Waals surface area contributed by atoms with Gasteiger partial charge in [0.1, 0.15) is 5.82 Å².